The number of aromatic nitrogens is 5. The number of H-pyrrole nitrogens is 1. The van der Waals surface area contributed by atoms with E-state index in [1.165, 1.54) is 24.5 Å². The first-order valence-corrected chi connectivity index (χ1v) is 14.4. The minimum absolute atomic E-state index is 0.229. The van der Waals surface area contributed by atoms with Crippen molar-refractivity contribution < 1.29 is 17.9 Å². The second kappa shape index (κ2) is 10.3. The smallest absolute Gasteiger partial charge is 0.323 e. The fraction of sp³-hybridized carbons (Fsp3) is 0.296. The molecule has 0 unspecified atom stereocenters. The van der Waals surface area contributed by atoms with Gasteiger partial charge in [0.05, 0.1) is 35.2 Å². The summed E-state index contributed by atoms with van der Waals surface area (Å²) >= 11 is 0. The van der Waals surface area contributed by atoms with Crippen LogP contribution < -0.4 is 15.5 Å². The van der Waals surface area contributed by atoms with Crippen molar-refractivity contribution in [2.75, 3.05) is 41.8 Å². The number of carbonyl (C=O) groups is 1. The maximum Gasteiger partial charge on any atom is 0.323 e. The molecule has 206 valence electrons. The maximum absolute atomic E-state index is 13.8. The number of ether oxygens (including phenoxy) is 1. The van der Waals surface area contributed by atoms with Crippen molar-refractivity contribution in [3.8, 4) is 11.4 Å². The molecule has 3 N–H and O–H groups in total. The van der Waals surface area contributed by atoms with E-state index < -0.39 is 20.6 Å². The van der Waals surface area contributed by atoms with Crippen LogP contribution in [-0.4, -0.2) is 65.9 Å². The fourth-order valence-corrected chi connectivity index (χ4v) is 6.69. The van der Waals surface area contributed by atoms with E-state index in [0.29, 0.717) is 79.1 Å². The van der Waals surface area contributed by atoms with E-state index in [-0.39, 0.29) is 4.90 Å². The highest BCUT2D eigenvalue weighted by Crippen LogP contribution is 2.55. The highest BCUT2D eigenvalue weighted by Gasteiger charge is 2.58. The first-order valence-electron chi connectivity index (χ1n) is 12.9. The van der Waals surface area contributed by atoms with Crippen LogP contribution >= 0.6 is 0 Å². The van der Waals surface area contributed by atoms with Gasteiger partial charge in [0.25, 0.3) is 0 Å². The number of aromatic amines is 1. The highest BCUT2D eigenvalue weighted by atomic mass is 32.2. The van der Waals surface area contributed by atoms with Crippen LogP contribution in [0.25, 0.3) is 11.4 Å². The Morgan fingerprint density at radius 2 is 1.75 bits per heavy atom. The second-order valence-electron chi connectivity index (χ2n) is 9.76. The third-order valence-electron chi connectivity index (χ3n) is 7.17. The molecule has 13 heteroatoms. The predicted molar refractivity (Wildman–Crippen MR) is 149 cm³/mol. The maximum atomic E-state index is 13.8. The van der Waals surface area contributed by atoms with Crippen molar-refractivity contribution in [3.63, 3.8) is 0 Å². The van der Waals surface area contributed by atoms with Crippen LogP contribution in [0.1, 0.15) is 24.2 Å². The van der Waals surface area contributed by atoms with Crippen molar-refractivity contribution in [1.82, 2.24) is 25.1 Å². The van der Waals surface area contributed by atoms with Gasteiger partial charge in [0.2, 0.25) is 0 Å². The first kappa shape index (κ1) is 25.9. The third kappa shape index (κ3) is 4.89. The van der Waals surface area contributed by atoms with Crippen LogP contribution in [0.3, 0.4) is 0 Å². The van der Waals surface area contributed by atoms with Crippen LogP contribution in [0.5, 0.6) is 0 Å². The van der Waals surface area contributed by atoms with E-state index >= 15 is 0 Å². The minimum atomic E-state index is -3.71. The zero-order chi connectivity index (χ0) is 27.7. The second-order valence-corrected chi connectivity index (χ2v) is 12.0. The minimum Gasteiger partial charge on any atom is -0.378 e. The number of aryl methyl sites for hydroxylation is 1. The molecule has 1 saturated heterocycles. The number of pyridine rings is 1. The summed E-state index contributed by atoms with van der Waals surface area (Å²) in [5.41, 5.74) is 3.02. The lowest BCUT2D eigenvalue weighted by atomic mass is 10.1. The molecule has 0 atom stereocenters. The van der Waals surface area contributed by atoms with Crippen molar-refractivity contribution in [2.24, 2.45) is 0 Å². The molecule has 2 fully saturated rings. The van der Waals surface area contributed by atoms with Gasteiger partial charge in [-0.2, -0.15) is 5.10 Å². The van der Waals surface area contributed by atoms with Gasteiger partial charge in [0, 0.05) is 49.0 Å². The lowest BCUT2D eigenvalue weighted by Gasteiger charge is -2.29. The van der Waals surface area contributed by atoms with Crippen molar-refractivity contribution in [3.05, 3.63) is 72.4 Å². The Bertz CT molecular complexity index is 1630. The van der Waals surface area contributed by atoms with Gasteiger partial charge in [-0.15, -0.1) is 0 Å². The molecule has 2 aliphatic rings. The van der Waals surface area contributed by atoms with Crippen LogP contribution in [-0.2, 0) is 19.3 Å². The van der Waals surface area contributed by atoms with E-state index in [1.807, 2.05) is 0 Å². The molecule has 40 heavy (non-hydrogen) atoms. The molecular weight excluding hydrogens is 532 g/mol. The number of carbonyl (C=O) groups excluding carboxylic acids is 1. The Balaban J connectivity index is 1.32. The topological polar surface area (TPSA) is 155 Å². The van der Waals surface area contributed by atoms with Gasteiger partial charge in [-0.3, -0.25) is 10.1 Å². The van der Waals surface area contributed by atoms with Gasteiger partial charge in [0.15, 0.2) is 15.7 Å². The number of nitrogens with zero attached hydrogens (tertiary/aromatic N) is 5. The molecule has 2 amide bonds. The molecule has 3 aromatic heterocycles. The Labute approximate surface area is 231 Å². The molecule has 1 aromatic carbocycles. The van der Waals surface area contributed by atoms with Crippen molar-refractivity contribution in [1.29, 1.82) is 0 Å². The van der Waals surface area contributed by atoms with Crippen molar-refractivity contribution in [2.45, 2.75) is 29.4 Å². The number of nitrogens with one attached hydrogen (secondary N) is 3. The Morgan fingerprint density at radius 3 is 2.40 bits per heavy atom. The van der Waals surface area contributed by atoms with Gasteiger partial charge in [-0.25, -0.2) is 23.2 Å². The molecule has 0 radical (unpaired) electrons. The van der Waals surface area contributed by atoms with Gasteiger partial charge < -0.3 is 20.3 Å². The van der Waals surface area contributed by atoms with Crippen LogP contribution in [0.4, 0.5) is 22.0 Å². The summed E-state index contributed by atoms with van der Waals surface area (Å²) in [6, 6.07) is 11.6. The summed E-state index contributed by atoms with van der Waals surface area (Å²) in [5, 5.41) is 12.2. The number of hydrogen-bond acceptors (Lipinski definition) is 9. The predicted octanol–water partition coefficient (Wildman–Crippen LogP) is 3.51. The normalized spacial score (nSPS) is 16.4. The molecule has 1 aliphatic carbocycles. The number of benzene rings is 1. The zero-order valence-corrected chi connectivity index (χ0v) is 22.6. The molecule has 0 spiro atoms. The summed E-state index contributed by atoms with van der Waals surface area (Å²) in [4.78, 5) is 28.3. The lowest BCUT2D eigenvalue weighted by Crippen LogP contribution is -2.37. The molecule has 1 aliphatic heterocycles. The molecule has 4 aromatic rings. The summed E-state index contributed by atoms with van der Waals surface area (Å²) in [5.74, 6) is 1.08. The standard InChI is InChI=1S/C27H28N8O4S/c1-18-22(17-29-34-18)31-26(36)30-20-4-2-19(3-5-20)25-32-23(16-24(33-25)35-12-14-39-15-13-35)27(8-9-27)40(37,38)21-6-10-28-11-7-21/h2-7,10-11,16-17H,8-9,12-15H2,1H3,(H,29,34)(H2,30,31,36). The SMILES string of the molecule is Cc1n[nH]cc1NC(=O)Nc1ccc(-c2nc(N3CCOCC3)cc(C3(S(=O)(=O)c4ccncc4)CC3)n2)cc1. The summed E-state index contributed by atoms with van der Waals surface area (Å²) < 4.78 is 31.9. The quantitative estimate of drug-likeness (QED) is 0.308. The molecule has 1 saturated carbocycles. The van der Waals surface area contributed by atoms with Crippen LogP contribution in [0, 0.1) is 6.92 Å². The number of sulfone groups is 1. The molecule has 0 bridgehead atoms. The lowest BCUT2D eigenvalue weighted by molar-refractivity contribution is 0.122. The van der Waals surface area contributed by atoms with Crippen molar-refractivity contribution >= 4 is 33.1 Å². The van der Waals surface area contributed by atoms with E-state index in [9.17, 15) is 13.2 Å². The average molecular weight is 561 g/mol. The van der Waals surface area contributed by atoms with Crippen LogP contribution in [0.15, 0.2) is 66.0 Å². The van der Waals surface area contributed by atoms with E-state index in [1.54, 1.807) is 43.5 Å². The number of urea groups is 1. The molecule has 4 heterocycles. The van der Waals surface area contributed by atoms with Gasteiger partial charge in [0.1, 0.15) is 10.6 Å². The van der Waals surface area contributed by atoms with Gasteiger partial charge in [-0.05, 0) is 56.2 Å². The van der Waals surface area contributed by atoms with Gasteiger partial charge in [-0.1, -0.05) is 0 Å². The number of anilines is 3. The molecule has 12 nitrogen and oxygen atoms in total. The van der Waals surface area contributed by atoms with Gasteiger partial charge >= 0.3 is 6.03 Å². The summed E-state index contributed by atoms with van der Waals surface area (Å²) in [6.07, 6.45) is 5.53. The fourth-order valence-electron chi connectivity index (χ4n) is 4.74. The first-order chi connectivity index (χ1) is 19.4. The number of amides is 2. The van der Waals surface area contributed by atoms with E-state index in [4.69, 9.17) is 14.7 Å². The van der Waals surface area contributed by atoms with E-state index in [2.05, 4.69) is 30.7 Å². The Morgan fingerprint density at radius 1 is 1.02 bits per heavy atom. The Kier molecular flexibility index (Phi) is 6.68. The Hall–Kier alpha value is -4.36. The number of rotatable bonds is 7. The average Bonchev–Trinajstić information content (AvgIpc) is 3.72. The number of hydrogen-bond donors (Lipinski definition) is 3. The summed E-state index contributed by atoms with van der Waals surface area (Å²) in [7, 11) is -3.71. The highest BCUT2D eigenvalue weighted by molar-refractivity contribution is 7.92. The molecule has 6 rings (SSSR count). The molecular formula is C27H28N8O4S. The largest absolute Gasteiger partial charge is 0.378 e. The third-order valence-corrected chi connectivity index (χ3v) is 9.71. The van der Waals surface area contributed by atoms with Crippen LogP contribution in [0.2, 0.25) is 0 Å². The zero-order valence-electron chi connectivity index (χ0n) is 21.8. The summed E-state index contributed by atoms with van der Waals surface area (Å²) in [6.45, 7) is 4.21. The monoisotopic (exact) mass is 560 g/mol. The van der Waals surface area contributed by atoms with E-state index in [0.717, 1.165) is 0 Å². The number of morpholine rings is 1.